The molecular weight excluding hydrogens is 362 g/mol. The van der Waals surface area contributed by atoms with Gasteiger partial charge < -0.3 is 9.64 Å². The molecule has 5 rings (SSSR count). The molecule has 0 aliphatic carbocycles. The van der Waals surface area contributed by atoms with Gasteiger partial charge >= 0.3 is 0 Å². The number of carbonyl (C=O) groups excluding carboxylic acids is 1. The maximum atomic E-state index is 13.3. The Balaban J connectivity index is 1.60. The fourth-order valence-electron chi connectivity index (χ4n) is 4.69. The van der Waals surface area contributed by atoms with Crippen molar-refractivity contribution in [3.05, 3.63) is 71.5 Å². The van der Waals surface area contributed by atoms with Crippen molar-refractivity contribution in [1.29, 1.82) is 0 Å². The molecule has 1 aromatic heterocycles. The first kappa shape index (κ1) is 18.1. The zero-order chi connectivity index (χ0) is 20.0. The molecule has 2 aliphatic heterocycles. The molecule has 0 atom stereocenters. The van der Waals surface area contributed by atoms with Crippen LogP contribution >= 0.6 is 0 Å². The number of fused-ring (bicyclic) bond motifs is 2. The lowest BCUT2D eigenvalue weighted by Gasteiger charge is -2.34. The number of benzene rings is 2. The third kappa shape index (κ3) is 2.97. The summed E-state index contributed by atoms with van der Waals surface area (Å²) in [6.45, 7) is 4.28. The Kier molecular flexibility index (Phi) is 4.28. The number of rotatable bonds is 2. The Bertz CT molecular complexity index is 1060. The van der Waals surface area contributed by atoms with Gasteiger partial charge in [-0.2, -0.15) is 5.10 Å². The predicted octanol–water partition coefficient (Wildman–Crippen LogP) is 4.10. The summed E-state index contributed by atoms with van der Waals surface area (Å²) in [5, 5.41) is 4.18. The quantitative estimate of drug-likeness (QED) is 0.665. The fourth-order valence-corrected chi connectivity index (χ4v) is 4.69. The number of anilines is 1. The van der Waals surface area contributed by atoms with Crippen molar-refractivity contribution in [2.45, 2.75) is 25.2 Å². The fraction of sp³-hybridized carbons (Fsp3) is 0.333. The summed E-state index contributed by atoms with van der Waals surface area (Å²) in [6, 6.07) is 17.0. The van der Waals surface area contributed by atoms with Crippen molar-refractivity contribution < 1.29 is 9.53 Å². The second-order valence-corrected chi connectivity index (χ2v) is 8.22. The molecule has 148 valence electrons. The van der Waals surface area contributed by atoms with Gasteiger partial charge in [0.05, 0.1) is 0 Å². The van der Waals surface area contributed by atoms with E-state index < -0.39 is 0 Å². The maximum Gasteiger partial charge on any atom is 0.276 e. The van der Waals surface area contributed by atoms with Crippen molar-refractivity contribution in [3.63, 3.8) is 0 Å². The molecule has 2 aromatic carbocycles. The van der Waals surface area contributed by atoms with Crippen molar-refractivity contribution in [2.24, 2.45) is 7.05 Å². The second-order valence-electron chi connectivity index (χ2n) is 8.22. The molecule has 3 aromatic rings. The number of aromatic nitrogens is 2. The monoisotopic (exact) mass is 387 g/mol. The van der Waals surface area contributed by atoms with Gasteiger partial charge in [0, 0.05) is 44.1 Å². The van der Waals surface area contributed by atoms with E-state index >= 15 is 0 Å². The maximum absolute atomic E-state index is 13.3. The Labute approximate surface area is 170 Å². The van der Waals surface area contributed by atoms with Crippen LogP contribution in [0.2, 0.25) is 0 Å². The minimum atomic E-state index is -0.0391. The van der Waals surface area contributed by atoms with Crippen LogP contribution in [0.3, 0.4) is 0 Å². The molecular formula is C24H25N3O2. The first-order chi connectivity index (χ1) is 14.1. The van der Waals surface area contributed by atoms with Gasteiger partial charge in [-0.1, -0.05) is 35.9 Å². The second kappa shape index (κ2) is 6.85. The molecule has 5 nitrogen and oxygen atoms in total. The van der Waals surface area contributed by atoms with Crippen LogP contribution in [0.1, 0.15) is 34.5 Å². The van der Waals surface area contributed by atoms with E-state index in [9.17, 15) is 4.79 Å². The molecule has 0 bridgehead atoms. The van der Waals surface area contributed by atoms with Crippen LogP contribution in [0.5, 0.6) is 0 Å². The van der Waals surface area contributed by atoms with E-state index in [1.165, 1.54) is 22.3 Å². The molecule has 1 amide bonds. The number of amides is 1. The average Bonchev–Trinajstić information content (AvgIpc) is 3.30. The zero-order valence-electron chi connectivity index (χ0n) is 16.9. The van der Waals surface area contributed by atoms with Gasteiger partial charge in [-0.25, -0.2) is 0 Å². The summed E-state index contributed by atoms with van der Waals surface area (Å²) in [7, 11) is 1.81. The first-order valence-corrected chi connectivity index (χ1v) is 10.2. The molecule has 5 heteroatoms. The topological polar surface area (TPSA) is 47.4 Å². The first-order valence-electron chi connectivity index (χ1n) is 10.2. The standard InChI is InChI=1S/C24H25N3O2/c1-17-3-5-18(6-4-17)19-7-8-21-20(15-19)24(10-13-29-14-11-24)16-27(21)23(28)22-9-12-25-26(22)2/h3-9,12,15H,10-11,13-14,16H2,1-2H3. The van der Waals surface area contributed by atoms with Gasteiger partial charge in [0.1, 0.15) is 5.69 Å². The highest BCUT2D eigenvalue weighted by Crippen LogP contribution is 2.48. The van der Waals surface area contributed by atoms with Crippen LogP contribution in [-0.4, -0.2) is 35.4 Å². The van der Waals surface area contributed by atoms with Crippen LogP contribution in [0.25, 0.3) is 11.1 Å². The van der Waals surface area contributed by atoms with Gasteiger partial charge in [0.25, 0.3) is 5.91 Å². The number of aryl methyl sites for hydroxylation is 2. The number of ether oxygens (including phenoxy) is 1. The van der Waals surface area contributed by atoms with Crippen LogP contribution < -0.4 is 4.90 Å². The van der Waals surface area contributed by atoms with E-state index in [0.717, 1.165) is 31.7 Å². The Morgan fingerprint density at radius 1 is 1.03 bits per heavy atom. The summed E-state index contributed by atoms with van der Waals surface area (Å²) >= 11 is 0. The van der Waals surface area contributed by atoms with Crippen LogP contribution in [0.15, 0.2) is 54.7 Å². The third-order valence-electron chi connectivity index (χ3n) is 6.44. The highest BCUT2D eigenvalue weighted by molar-refractivity contribution is 6.07. The summed E-state index contributed by atoms with van der Waals surface area (Å²) in [5.74, 6) is 0.0118. The minimum absolute atomic E-state index is 0.0118. The SMILES string of the molecule is Cc1ccc(-c2ccc3c(c2)C2(CCOCC2)CN3C(=O)c2ccnn2C)cc1. The molecule has 0 radical (unpaired) electrons. The van der Waals surface area contributed by atoms with E-state index in [-0.39, 0.29) is 11.3 Å². The van der Waals surface area contributed by atoms with E-state index in [4.69, 9.17) is 4.74 Å². The molecule has 29 heavy (non-hydrogen) atoms. The van der Waals surface area contributed by atoms with E-state index in [1.54, 1.807) is 16.9 Å². The highest BCUT2D eigenvalue weighted by atomic mass is 16.5. The number of nitrogens with zero attached hydrogens (tertiary/aromatic N) is 3. The lowest BCUT2D eigenvalue weighted by Crippen LogP contribution is -2.41. The summed E-state index contributed by atoms with van der Waals surface area (Å²) in [4.78, 5) is 15.3. The van der Waals surface area contributed by atoms with Gasteiger partial charge in [-0.3, -0.25) is 9.48 Å². The predicted molar refractivity (Wildman–Crippen MR) is 113 cm³/mol. The molecule has 0 unspecified atom stereocenters. The van der Waals surface area contributed by atoms with Crippen molar-refractivity contribution in [3.8, 4) is 11.1 Å². The third-order valence-corrected chi connectivity index (χ3v) is 6.44. The molecule has 0 saturated carbocycles. The van der Waals surface area contributed by atoms with E-state index in [2.05, 4.69) is 54.5 Å². The summed E-state index contributed by atoms with van der Waals surface area (Å²) in [6.07, 6.45) is 3.55. The Morgan fingerprint density at radius 2 is 1.76 bits per heavy atom. The molecule has 3 heterocycles. The van der Waals surface area contributed by atoms with E-state index in [1.807, 2.05) is 11.9 Å². The number of hydrogen-bond acceptors (Lipinski definition) is 3. The lowest BCUT2D eigenvalue weighted by molar-refractivity contribution is 0.0546. The van der Waals surface area contributed by atoms with Crippen molar-refractivity contribution >= 4 is 11.6 Å². The van der Waals surface area contributed by atoms with Crippen LogP contribution in [0.4, 0.5) is 5.69 Å². The number of hydrogen-bond donors (Lipinski definition) is 0. The normalized spacial score (nSPS) is 17.5. The van der Waals surface area contributed by atoms with Gasteiger partial charge in [-0.05, 0) is 54.7 Å². The zero-order valence-corrected chi connectivity index (χ0v) is 16.9. The largest absolute Gasteiger partial charge is 0.381 e. The summed E-state index contributed by atoms with van der Waals surface area (Å²) in [5.41, 5.74) is 6.53. The molecule has 1 saturated heterocycles. The van der Waals surface area contributed by atoms with Crippen LogP contribution in [0, 0.1) is 6.92 Å². The van der Waals surface area contributed by atoms with Gasteiger partial charge in [0.15, 0.2) is 0 Å². The molecule has 1 spiro atoms. The van der Waals surface area contributed by atoms with Crippen molar-refractivity contribution in [1.82, 2.24) is 9.78 Å². The van der Waals surface area contributed by atoms with Gasteiger partial charge in [0.2, 0.25) is 0 Å². The molecule has 2 aliphatic rings. The highest BCUT2D eigenvalue weighted by Gasteiger charge is 2.46. The average molecular weight is 387 g/mol. The minimum Gasteiger partial charge on any atom is -0.381 e. The Hall–Kier alpha value is -2.92. The van der Waals surface area contributed by atoms with E-state index in [0.29, 0.717) is 12.2 Å². The van der Waals surface area contributed by atoms with Gasteiger partial charge in [-0.15, -0.1) is 0 Å². The van der Waals surface area contributed by atoms with Crippen molar-refractivity contribution in [2.75, 3.05) is 24.7 Å². The van der Waals surface area contributed by atoms with Crippen LogP contribution in [-0.2, 0) is 17.2 Å². The number of carbonyl (C=O) groups is 1. The lowest BCUT2D eigenvalue weighted by atomic mass is 9.75. The molecule has 1 fully saturated rings. The smallest absolute Gasteiger partial charge is 0.276 e. The Morgan fingerprint density at radius 3 is 2.45 bits per heavy atom. The summed E-state index contributed by atoms with van der Waals surface area (Å²) < 4.78 is 7.32. The molecule has 0 N–H and O–H groups in total.